The van der Waals surface area contributed by atoms with Crippen LogP contribution in [0.1, 0.15) is 0 Å². The minimum absolute atomic E-state index is 0.362. The highest BCUT2D eigenvalue weighted by atomic mass is 79.9. The van der Waals surface area contributed by atoms with Crippen molar-refractivity contribution in [1.29, 1.82) is 0 Å². The number of nitrogens with two attached hydrogens (primary N) is 1. The van der Waals surface area contributed by atoms with E-state index < -0.39 is 0 Å². The molecule has 0 spiro atoms. The van der Waals surface area contributed by atoms with Crippen LogP contribution in [0.15, 0.2) is 46.9 Å². The van der Waals surface area contributed by atoms with Crippen molar-refractivity contribution in [2.75, 3.05) is 18.2 Å². The summed E-state index contributed by atoms with van der Waals surface area (Å²) in [5, 5.41) is 3.17. The van der Waals surface area contributed by atoms with Gasteiger partial charge in [-0.1, -0.05) is 12.1 Å². The Morgan fingerprint density at radius 3 is 2.48 bits per heavy atom. The highest BCUT2D eigenvalue weighted by molar-refractivity contribution is 9.10. The van der Waals surface area contributed by atoms with Gasteiger partial charge in [-0.05, 0) is 46.3 Å². The fraction of sp³-hybridized carbons (Fsp3) is 0.0667. The van der Waals surface area contributed by atoms with Crippen LogP contribution < -0.4 is 15.8 Å². The molecule has 0 fully saturated rings. The molecule has 106 valence electrons. The summed E-state index contributed by atoms with van der Waals surface area (Å²) in [4.78, 5) is 8.84. The van der Waals surface area contributed by atoms with Gasteiger partial charge in [-0.3, -0.25) is 0 Å². The van der Waals surface area contributed by atoms with Crippen LogP contribution in [0.3, 0.4) is 0 Å². The monoisotopic (exact) mass is 344 g/mol. The van der Waals surface area contributed by atoms with Gasteiger partial charge in [0.2, 0.25) is 0 Å². The van der Waals surface area contributed by atoms with E-state index in [1.165, 1.54) is 0 Å². The molecule has 0 amide bonds. The highest BCUT2D eigenvalue weighted by Crippen LogP contribution is 2.30. The topological polar surface area (TPSA) is 73.1 Å². The second kappa shape index (κ2) is 5.57. The molecule has 0 unspecified atom stereocenters. The number of fused-ring (bicyclic) bond motifs is 1. The minimum Gasteiger partial charge on any atom is -0.496 e. The van der Waals surface area contributed by atoms with Crippen LogP contribution in [0, 0.1) is 0 Å². The molecular weight excluding hydrogens is 332 g/mol. The smallest absolute Gasteiger partial charge is 0.174 e. The predicted molar refractivity (Wildman–Crippen MR) is 87.9 cm³/mol. The van der Waals surface area contributed by atoms with E-state index >= 15 is 0 Å². The van der Waals surface area contributed by atoms with Crippen LogP contribution in [0.5, 0.6) is 5.75 Å². The number of methoxy groups -OCH3 is 1. The lowest BCUT2D eigenvalue weighted by Crippen LogP contribution is -2.02. The Morgan fingerprint density at radius 2 is 1.81 bits per heavy atom. The van der Waals surface area contributed by atoms with Crippen LogP contribution in [0.25, 0.3) is 11.0 Å². The van der Waals surface area contributed by atoms with Gasteiger partial charge >= 0.3 is 0 Å². The van der Waals surface area contributed by atoms with Crippen molar-refractivity contribution >= 4 is 44.3 Å². The van der Waals surface area contributed by atoms with Gasteiger partial charge in [0.1, 0.15) is 5.75 Å². The van der Waals surface area contributed by atoms with Crippen molar-refractivity contribution in [1.82, 2.24) is 9.97 Å². The van der Waals surface area contributed by atoms with E-state index in [2.05, 4.69) is 31.2 Å². The molecule has 0 aliphatic rings. The summed E-state index contributed by atoms with van der Waals surface area (Å²) in [6.07, 6.45) is 0. The van der Waals surface area contributed by atoms with Gasteiger partial charge in [0, 0.05) is 5.69 Å². The first-order valence-corrected chi connectivity index (χ1v) is 7.09. The van der Waals surface area contributed by atoms with Crippen LogP contribution in [-0.4, -0.2) is 17.1 Å². The summed E-state index contributed by atoms with van der Waals surface area (Å²) < 4.78 is 6.05. The van der Waals surface area contributed by atoms with Gasteiger partial charge in [-0.25, -0.2) is 9.97 Å². The predicted octanol–water partition coefficient (Wildman–Crippen LogP) is 3.73. The van der Waals surface area contributed by atoms with Crippen LogP contribution in [0.2, 0.25) is 0 Å². The molecule has 6 heteroatoms. The van der Waals surface area contributed by atoms with Crippen LogP contribution >= 0.6 is 15.9 Å². The van der Waals surface area contributed by atoms with Crippen LogP contribution in [0.4, 0.5) is 17.3 Å². The van der Waals surface area contributed by atoms with E-state index in [0.717, 1.165) is 26.9 Å². The molecule has 3 aromatic rings. The summed E-state index contributed by atoms with van der Waals surface area (Å²) in [7, 11) is 1.62. The molecule has 3 rings (SSSR count). The van der Waals surface area contributed by atoms with Crippen molar-refractivity contribution in [2.45, 2.75) is 0 Å². The standard InChI is InChI=1S/C15H13BrN4O/c1-21-13-7-6-9(8-10(13)16)18-15-14(17)19-11-4-2-3-5-12(11)20-15/h2-8H,1H3,(H2,17,19)(H,18,20). The van der Waals surface area contributed by atoms with Crippen molar-refractivity contribution in [3.05, 3.63) is 46.9 Å². The Morgan fingerprint density at radius 1 is 1.10 bits per heavy atom. The van der Waals surface area contributed by atoms with Crippen molar-refractivity contribution in [2.24, 2.45) is 0 Å². The Kier molecular flexibility index (Phi) is 3.62. The van der Waals surface area contributed by atoms with E-state index in [9.17, 15) is 0 Å². The molecule has 1 heterocycles. The summed E-state index contributed by atoms with van der Waals surface area (Å²) >= 11 is 3.45. The second-order valence-electron chi connectivity index (χ2n) is 4.42. The fourth-order valence-corrected chi connectivity index (χ4v) is 2.53. The lowest BCUT2D eigenvalue weighted by Gasteiger charge is -2.10. The Labute approximate surface area is 130 Å². The molecule has 5 nitrogen and oxygen atoms in total. The largest absolute Gasteiger partial charge is 0.496 e. The maximum absolute atomic E-state index is 5.96. The molecule has 0 atom stereocenters. The third kappa shape index (κ3) is 2.75. The molecule has 3 N–H and O–H groups in total. The number of nitrogens with one attached hydrogen (secondary N) is 1. The summed E-state index contributed by atoms with van der Waals surface area (Å²) in [6.45, 7) is 0. The number of hydrogen-bond donors (Lipinski definition) is 2. The van der Waals surface area contributed by atoms with E-state index in [4.69, 9.17) is 10.5 Å². The third-order valence-electron chi connectivity index (χ3n) is 3.01. The molecule has 21 heavy (non-hydrogen) atoms. The van der Waals surface area contributed by atoms with E-state index in [0.29, 0.717) is 11.6 Å². The van der Waals surface area contributed by atoms with Crippen LogP contribution in [-0.2, 0) is 0 Å². The molecular formula is C15H13BrN4O. The van der Waals surface area contributed by atoms with E-state index in [1.807, 2.05) is 42.5 Å². The Hall–Kier alpha value is -2.34. The van der Waals surface area contributed by atoms with E-state index in [1.54, 1.807) is 7.11 Å². The molecule has 0 aliphatic heterocycles. The molecule has 0 saturated heterocycles. The normalized spacial score (nSPS) is 10.6. The van der Waals surface area contributed by atoms with Gasteiger partial charge in [0.15, 0.2) is 11.6 Å². The molecule has 0 aliphatic carbocycles. The zero-order valence-electron chi connectivity index (χ0n) is 11.3. The second-order valence-corrected chi connectivity index (χ2v) is 5.27. The number of benzene rings is 2. The first-order chi connectivity index (χ1) is 10.2. The summed E-state index contributed by atoms with van der Waals surface area (Å²) in [5.41, 5.74) is 8.37. The van der Waals surface area contributed by atoms with Crippen molar-refractivity contribution < 1.29 is 4.74 Å². The number of aromatic nitrogens is 2. The molecule has 0 bridgehead atoms. The zero-order valence-corrected chi connectivity index (χ0v) is 12.9. The third-order valence-corrected chi connectivity index (χ3v) is 3.63. The van der Waals surface area contributed by atoms with Gasteiger partial charge in [0.25, 0.3) is 0 Å². The number of hydrogen-bond acceptors (Lipinski definition) is 5. The number of rotatable bonds is 3. The average Bonchev–Trinajstić information content (AvgIpc) is 2.48. The quantitative estimate of drug-likeness (QED) is 0.757. The summed E-state index contributed by atoms with van der Waals surface area (Å²) in [5.74, 6) is 1.66. The fourth-order valence-electron chi connectivity index (χ4n) is 1.99. The number of nitrogens with zero attached hydrogens (tertiary/aromatic N) is 2. The number of halogens is 1. The highest BCUT2D eigenvalue weighted by Gasteiger charge is 2.07. The number of nitrogen functional groups attached to an aromatic ring is 1. The maximum atomic E-state index is 5.96. The number of anilines is 3. The van der Waals surface area contributed by atoms with Gasteiger partial charge in [0.05, 0.1) is 22.6 Å². The Balaban J connectivity index is 1.97. The van der Waals surface area contributed by atoms with Gasteiger partial charge in [-0.15, -0.1) is 0 Å². The molecule has 1 aromatic heterocycles. The van der Waals surface area contributed by atoms with Crippen molar-refractivity contribution in [3.63, 3.8) is 0 Å². The number of para-hydroxylation sites is 2. The first-order valence-electron chi connectivity index (χ1n) is 6.30. The molecule has 0 radical (unpaired) electrons. The Bertz CT molecular complexity index is 807. The maximum Gasteiger partial charge on any atom is 0.174 e. The molecule has 2 aromatic carbocycles. The SMILES string of the molecule is COc1ccc(Nc2nc3ccccc3nc2N)cc1Br. The van der Waals surface area contributed by atoms with Crippen molar-refractivity contribution in [3.8, 4) is 5.75 Å². The van der Waals surface area contributed by atoms with Gasteiger partial charge in [-0.2, -0.15) is 0 Å². The minimum atomic E-state index is 0.362. The first kappa shape index (κ1) is 13.6. The summed E-state index contributed by atoms with van der Waals surface area (Å²) in [6, 6.07) is 13.3. The van der Waals surface area contributed by atoms with E-state index in [-0.39, 0.29) is 0 Å². The number of ether oxygens (including phenoxy) is 1. The molecule has 0 saturated carbocycles. The zero-order chi connectivity index (χ0) is 14.8. The van der Waals surface area contributed by atoms with Gasteiger partial charge < -0.3 is 15.8 Å². The lowest BCUT2D eigenvalue weighted by molar-refractivity contribution is 0.412. The lowest BCUT2D eigenvalue weighted by atomic mass is 10.3. The average molecular weight is 345 g/mol.